The van der Waals surface area contributed by atoms with Crippen molar-refractivity contribution in [2.75, 3.05) is 18.8 Å². The van der Waals surface area contributed by atoms with E-state index in [-0.39, 0.29) is 22.8 Å². The highest BCUT2D eigenvalue weighted by molar-refractivity contribution is 6.00. The Hall–Kier alpha value is -2.11. The number of nitro benzene ring substituents is 1. The number of nitrogens with two attached hydrogens (primary N) is 1. The molecule has 0 bridgehead atoms. The molecule has 0 aliphatic heterocycles. The van der Waals surface area contributed by atoms with Crippen LogP contribution in [0.3, 0.4) is 0 Å². The fourth-order valence-electron chi connectivity index (χ4n) is 2.57. The molecule has 21 heavy (non-hydrogen) atoms. The monoisotopic (exact) mass is 289 g/mol. The lowest BCUT2D eigenvalue weighted by Crippen LogP contribution is -2.35. The smallest absolute Gasteiger partial charge is 0.304 e. The van der Waals surface area contributed by atoms with Crippen molar-refractivity contribution < 1.29 is 9.72 Å². The molecular weight excluding hydrogens is 270 g/mol. The Labute approximate surface area is 123 Å². The lowest BCUT2D eigenvalue weighted by atomic mass is 10.1. The van der Waals surface area contributed by atoms with Crippen LogP contribution < -0.4 is 5.73 Å². The number of carbonyl (C=O) groups is 1. The van der Waals surface area contributed by atoms with Crippen LogP contribution in [0.15, 0.2) is 18.2 Å². The van der Waals surface area contributed by atoms with Crippen LogP contribution in [0.4, 0.5) is 11.4 Å². The highest BCUT2D eigenvalue weighted by Gasteiger charge is 2.34. The molecule has 2 aliphatic rings. The highest BCUT2D eigenvalue weighted by Crippen LogP contribution is 2.35. The van der Waals surface area contributed by atoms with Crippen LogP contribution in [0.25, 0.3) is 0 Å². The topological polar surface area (TPSA) is 89.5 Å². The number of nitrogen functional groups attached to an aromatic ring is 1. The molecule has 1 aromatic rings. The summed E-state index contributed by atoms with van der Waals surface area (Å²) >= 11 is 0. The van der Waals surface area contributed by atoms with Crippen LogP contribution in [-0.4, -0.2) is 28.8 Å². The quantitative estimate of drug-likeness (QED) is 0.495. The van der Waals surface area contributed by atoms with E-state index in [0.29, 0.717) is 24.9 Å². The summed E-state index contributed by atoms with van der Waals surface area (Å²) in [6, 6.07) is 4.56. The molecule has 2 saturated carbocycles. The van der Waals surface area contributed by atoms with Gasteiger partial charge in [0.1, 0.15) is 11.3 Å². The zero-order valence-electron chi connectivity index (χ0n) is 11.8. The number of carbonyl (C=O) groups excluding carboxylic acids is 1. The van der Waals surface area contributed by atoms with E-state index in [4.69, 9.17) is 5.73 Å². The number of amides is 1. The molecule has 0 spiro atoms. The third-order valence-electron chi connectivity index (χ3n) is 4.12. The molecular formula is C15H19N3O3. The molecule has 0 aromatic heterocycles. The molecule has 0 atom stereocenters. The first kappa shape index (κ1) is 13.9. The summed E-state index contributed by atoms with van der Waals surface area (Å²) in [6.07, 6.45) is 4.59. The Morgan fingerprint density at radius 2 is 1.81 bits per heavy atom. The van der Waals surface area contributed by atoms with Crippen molar-refractivity contribution in [1.82, 2.24) is 4.90 Å². The van der Waals surface area contributed by atoms with Gasteiger partial charge >= 0.3 is 5.69 Å². The maximum Gasteiger partial charge on any atom is 0.304 e. The molecule has 0 radical (unpaired) electrons. The first-order valence-electron chi connectivity index (χ1n) is 7.38. The van der Waals surface area contributed by atoms with Crippen LogP contribution in [0.2, 0.25) is 0 Å². The van der Waals surface area contributed by atoms with Crippen LogP contribution in [0.5, 0.6) is 0 Å². The number of para-hydroxylation sites is 1. The van der Waals surface area contributed by atoms with Gasteiger partial charge in [0.05, 0.1) is 4.92 Å². The molecule has 0 unspecified atom stereocenters. The molecule has 112 valence electrons. The van der Waals surface area contributed by atoms with E-state index in [1.165, 1.54) is 12.1 Å². The van der Waals surface area contributed by atoms with Gasteiger partial charge in [0.2, 0.25) is 0 Å². The van der Waals surface area contributed by atoms with E-state index >= 15 is 0 Å². The number of nitrogens with zero attached hydrogens (tertiary/aromatic N) is 2. The zero-order chi connectivity index (χ0) is 15.0. The van der Waals surface area contributed by atoms with Crippen LogP contribution in [0, 0.1) is 22.0 Å². The van der Waals surface area contributed by atoms with Gasteiger partial charge in [-0.3, -0.25) is 14.9 Å². The number of benzene rings is 1. The Kier molecular flexibility index (Phi) is 3.53. The molecule has 0 saturated heterocycles. The molecule has 1 amide bonds. The average Bonchev–Trinajstić information content (AvgIpc) is 3.31. The SMILES string of the molecule is Nc1cccc(C(=O)N(CC2CC2)CC2CC2)c1[N+](=O)[O-]. The van der Waals surface area contributed by atoms with Crippen molar-refractivity contribution in [2.24, 2.45) is 11.8 Å². The van der Waals surface area contributed by atoms with Gasteiger partial charge in [0.15, 0.2) is 0 Å². The summed E-state index contributed by atoms with van der Waals surface area (Å²) < 4.78 is 0. The Morgan fingerprint density at radius 1 is 1.24 bits per heavy atom. The molecule has 3 rings (SSSR count). The van der Waals surface area contributed by atoms with Crippen molar-refractivity contribution in [2.45, 2.75) is 25.7 Å². The molecule has 6 heteroatoms. The summed E-state index contributed by atoms with van der Waals surface area (Å²) in [5.74, 6) is 0.869. The second kappa shape index (κ2) is 5.35. The predicted molar refractivity (Wildman–Crippen MR) is 78.9 cm³/mol. The van der Waals surface area contributed by atoms with Crippen molar-refractivity contribution in [3.05, 3.63) is 33.9 Å². The van der Waals surface area contributed by atoms with Gasteiger partial charge < -0.3 is 10.6 Å². The molecule has 2 aliphatic carbocycles. The van der Waals surface area contributed by atoms with Gasteiger partial charge in [-0.2, -0.15) is 0 Å². The largest absolute Gasteiger partial charge is 0.393 e. The molecule has 1 aromatic carbocycles. The minimum Gasteiger partial charge on any atom is -0.393 e. The number of anilines is 1. The lowest BCUT2D eigenvalue weighted by Gasteiger charge is -2.22. The summed E-state index contributed by atoms with van der Waals surface area (Å²) in [6.45, 7) is 1.42. The second-order valence-corrected chi connectivity index (χ2v) is 6.10. The summed E-state index contributed by atoms with van der Waals surface area (Å²) in [5, 5.41) is 11.2. The Balaban J connectivity index is 1.87. The van der Waals surface area contributed by atoms with Crippen molar-refractivity contribution in [3.63, 3.8) is 0 Å². The standard InChI is InChI=1S/C15H19N3O3/c16-13-3-1-2-12(14(13)18(20)21)15(19)17(8-10-4-5-10)9-11-6-7-11/h1-3,10-11H,4-9,16H2. The van der Waals surface area contributed by atoms with Gasteiger partial charge in [-0.05, 0) is 49.7 Å². The fourth-order valence-corrected chi connectivity index (χ4v) is 2.57. The average molecular weight is 289 g/mol. The summed E-state index contributed by atoms with van der Waals surface area (Å²) in [7, 11) is 0. The Bertz CT molecular complexity index is 566. The molecule has 2 fully saturated rings. The maximum absolute atomic E-state index is 12.7. The van der Waals surface area contributed by atoms with Gasteiger partial charge in [0.25, 0.3) is 5.91 Å². The first-order valence-corrected chi connectivity index (χ1v) is 7.38. The minimum absolute atomic E-state index is 0.0450. The van der Waals surface area contributed by atoms with Crippen molar-refractivity contribution >= 4 is 17.3 Å². The van der Waals surface area contributed by atoms with E-state index < -0.39 is 4.92 Å². The minimum atomic E-state index is -0.561. The molecule has 2 N–H and O–H groups in total. The van der Waals surface area contributed by atoms with Crippen molar-refractivity contribution in [3.8, 4) is 0 Å². The number of hydrogen-bond donors (Lipinski definition) is 1. The number of rotatable bonds is 6. The molecule has 0 heterocycles. The van der Waals surface area contributed by atoms with E-state index in [0.717, 1.165) is 25.7 Å². The third kappa shape index (κ3) is 3.15. The lowest BCUT2D eigenvalue weighted by molar-refractivity contribution is -0.384. The normalized spacial score (nSPS) is 17.5. The predicted octanol–water partition coefficient (Wildman–Crippen LogP) is 2.44. The van der Waals surface area contributed by atoms with Gasteiger partial charge in [-0.15, -0.1) is 0 Å². The zero-order valence-corrected chi connectivity index (χ0v) is 11.8. The fraction of sp³-hybridized carbons (Fsp3) is 0.533. The van der Waals surface area contributed by atoms with E-state index in [2.05, 4.69) is 0 Å². The highest BCUT2D eigenvalue weighted by atomic mass is 16.6. The summed E-state index contributed by atoms with van der Waals surface area (Å²) in [5.41, 5.74) is 5.57. The van der Waals surface area contributed by atoms with Gasteiger partial charge in [-0.25, -0.2) is 0 Å². The first-order chi connectivity index (χ1) is 10.1. The number of nitro groups is 1. The van der Waals surface area contributed by atoms with Crippen LogP contribution >= 0.6 is 0 Å². The van der Waals surface area contributed by atoms with Crippen LogP contribution in [-0.2, 0) is 0 Å². The Morgan fingerprint density at radius 3 is 2.29 bits per heavy atom. The molecule has 6 nitrogen and oxygen atoms in total. The maximum atomic E-state index is 12.7. The van der Waals surface area contributed by atoms with E-state index in [9.17, 15) is 14.9 Å². The second-order valence-electron chi connectivity index (χ2n) is 6.10. The van der Waals surface area contributed by atoms with E-state index in [1.807, 2.05) is 0 Å². The van der Waals surface area contributed by atoms with Crippen molar-refractivity contribution in [1.29, 1.82) is 0 Å². The van der Waals surface area contributed by atoms with E-state index in [1.54, 1.807) is 11.0 Å². The third-order valence-corrected chi connectivity index (χ3v) is 4.12. The summed E-state index contributed by atoms with van der Waals surface area (Å²) in [4.78, 5) is 25.1. The van der Waals surface area contributed by atoms with Crippen LogP contribution in [0.1, 0.15) is 36.0 Å². The van der Waals surface area contributed by atoms with Gasteiger partial charge in [-0.1, -0.05) is 6.07 Å². The van der Waals surface area contributed by atoms with Gasteiger partial charge in [0, 0.05) is 13.1 Å². The number of hydrogen-bond acceptors (Lipinski definition) is 4.